The van der Waals surface area contributed by atoms with E-state index < -0.39 is 10.1 Å². The van der Waals surface area contributed by atoms with Gasteiger partial charge in [-0.3, -0.25) is 4.55 Å². The van der Waals surface area contributed by atoms with Crippen LogP contribution < -0.4 is 5.73 Å². The standard InChI is InChI=1S/C6H7NO3S.Cu/c7-5-1-3-6(4-2-5)11(8,9)10;/h1-4H,7H2,(H,8,9,10);. The van der Waals surface area contributed by atoms with Crippen molar-refractivity contribution in [2.45, 2.75) is 4.90 Å². The molecule has 0 aliphatic rings. The third kappa shape index (κ3) is 2.83. The normalized spacial score (nSPS) is 10.4. The fourth-order valence-corrected chi connectivity index (χ4v) is 1.12. The van der Waals surface area contributed by atoms with Crippen LogP contribution >= 0.6 is 0 Å². The van der Waals surface area contributed by atoms with Crippen LogP contribution in [0, 0.1) is 0 Å². The first-order valence-electron chi connectivity index (χ1n) is 2.83. The van der Waals surface area contributed by atoms with Crippen LogP contribution in [0.5, 0.6) is 0 Å². The first-order chi connectivity index (χ1) is 5.00. The van der Waals surface area contributed by atoms with E-state index in [-0.39, 0.29) is 22.0 Å². The van der Waals surface area contributed by atoms with Gasteiger partial charge in [-0.05, 0) is 24.3 Å². The van der Waals surface area contributed by atoms with Crippen molar-refractivity contribution in [2.24, 2.45) is 0 Å². The first kappa shape index (κ1) is 11.4. The molecule has 1 rings (SSSR count). The van der Waals surface area contributed by atoms with Crippen LogP contribution in [0.3, 0.4) is 0 Å². The molecule has 0 aliphatic heterocycles. The molecular weight excluding hydrogens is 230 g/mol. The summed E-state index contributed by atoms with van der Waals surface area (Å²) in [5, 5.41) is 0. The Bertz CT molecular complexity index is 346. The van der Waals surface area contributed by atoms with Crippen LogP contribution in [0.4, 0.5) is 5.69 Å². The zero-order chi connectivity index (χ0) is 8.48. The smallest absolute Gasteiger partial charge is 0.294 e. The SMILES string of the molecule is Nc1ccc(S(=O)(=O)O)cc1.[Cu]. The Hall–Kier alpha value is -0.551. The summed E-state index contributed by atoms with van der Waals surface area (Å²) < 4.78 is 29.4. The zero-order valence-electron chi connectivity index (χ0n) is 5.86. The summed E-state index contributed by atoms with van der Waals surface area (Å²) in [6.07, 6.45) is 0. The molecule has 3 N–H and O–H groups in total. The van der Waals surface area contributed by atoms with Gasteiger partial charge in [-0.25, -0.2) is 0 Å². The average molecular weight is 237 g/mol. The van der Waals surface area contributed by atoms with Gasteiger partial charge in [0.2, 0.25) is 0 Å². The van der Waals surface area contributed by atoms with Crippen LogP contribution in [0.15, 0.2) is 29.2 Å². The monoisotopic (exact) mass is 236 g/mol. The number of rotatable bonds is 1. The van der Waals surface area contributed by atoms with Crippen molar-refractivity contribution >= 4 is 15.8 Å². The predicted molar refractivity (Wildman–Crippen MR) is 40.7 cm³/mol. The van der Waals surface area contributed by atoms with E-state index in [0.717, 1.165) is 0 Å². The minimum atomic E-state index is -4.08. The van der Waals surface area contributed by atoms with E-state index in [0.29, 0.717) is 5.69 Å². The van der Waals surface area contributed by atoms with Gasteiger partial charge in [-0.1, -0.05) is 0 Å². The number of nitrogen functional groups attached to an aromatic ring is 1. The van der Waals surface area contributed by atoms with Gasteiger partial charge >= 0.3 is 0 Å². The number of anilines is 1. The maximum atomic E-state index is 10.5. The number of nitrogens with two attached hydrogens (primary N) is 1. The molecule has 0 amide bonds. The Kier molecular flexibility index (Phi) is 3.73. The molecule has 6 heteroatoms. The van der Waals surface area contributed by atoms with Gasteiger partial charge in [0.25, 0.3) is 10.1 Å². The number of hydrogen-bond acceptors (Lipinski definition) is 3. The molecule has 4 nitrogen and oxygen atoms in total. The van der Waals surface area contributed by atoms with Crippen LogP contribution in [0.25, 0.3) is 0 Å². The first-order valence-corrected chi connectivity index (χ1v) is 4.27. The summed E-state index contributed by atoms with van der Waals surface area (Å²) in [4.78, 5) is -0.147. The fraction of sp³-hybridized carbons (Fsp3) is 0. The number of hydrogen-bond donors (Lipinski definition) is 2. The van der Waals surface area contributed by atoms with E-state index in [1.165, 1.54) is 24.3 Å². The molecule has 1 radical (unpaired) electrons. The van der Waals surface area contributed by atoms with Crippen molar-refractivity contribution < 1.29 is 30.0 Å². The molecule has 0 unspecified atom stereocenters. The molecule has 1 aromatic rings. The van der Waals surface area contributed by atoms with E-state index in [1.807, 2.05) is 0 Å². The minimum Gasteiger partial charge on any atom is -0.399 e. The second kappa shape index (κ2) is 3.91. The Morgan fingerprint density at radius 1 is 1.17 bits per heavy atom. The second-order valence-electron chi connectivity index (χ2n) is 2.04. The minimum absolute atomic E-state index is 0. The van der Waals surface area contributed by atoms with Gasteiger partial charge in [0, 0.05) is 22.8 Å². The summed E-state index contributed by atoms with van der Waals surface area (Å²) in [5.74, 6) is 0. The molecule has 0 bridgehead atoms. The quantitative estimate of drug-likeness (QED) is 0.423. The Morgan fingerprint density at radius 3 is 1.92 bits per heavy atom. The molecule has 12 heavy (non-hydrogen) atoms. The molecule has 0 fully saturated rings. The van der Waals surface area contributed by atoms with Crippen molar-refractivity contribution in [1.82, 2.24) is 0 Å². The molecular formula is C6H7CuNO3S. The third-order valence-corrected chi connectivity index (χ3v) is 2.05. The molecule has 0 aliphatic carbocycles. The molecule has 0 saturated heterocycles. The van der Waals surface area contributed by atoms with Gasteiger partial charge in [0.15, 0.2) is 0 Å². The largest absolute Gasteiger partial charge is 0.399 e. The maximum absolute atomic E-state index is 10.5. The van der Waals surface area contributed by atoms with Gasteiger partial charge in [0.1, 0.15) is 0 Å². The van der Waals surface area contributed by atoms with Crippen molar-refractivity contribution in [3.63, 3.8) is 0 Å². The van der Waals surface area contributed by atoms with E-state index >= 15 is 0 Å². The summed E-state index contributed by atoms with van der Waals surface area (Å²) in [7, 11) is -4.08. The van der Waals surface area contributed by atoms with Gasteiger partial charge < -0.3 is 5.73 Å². The van der Waals surface area contributed by atoms with Crippen molar-refractivity contribution in [2.75, 3.05) is 5.73 Å². The van der Waals surface area contributed by atoms with Gasteiger partial charge in [-0.2, -0.15) is 8.42 Å². The van der Waals surface area contributed by atoms with E-state index in [4.69, 9.17) is 10.3 Å². The van der Waals surface area contributed by atoms with E-state index in [9.17, 15) is 8.42 Å². The summed E-state index contributed by atoms with van der Waals surface area (Å²) >= 11 is 0. The van der Waals surface area contributed by atoms with E-state index in [1.54, 1.807) is 0 Å². The molecule has 0 saturated carbocycles. The molecule has 1 aromatic carbocycles. The van der Waals surface area contributed by atoms with Crippen molar-refractivity contribution in [3.05, 3.63) is 24.3 Å². The van der Waals surface area contributed by atoms with Gasteiger partial charge in [0.05, 0.1) is 4.90 Å². The molecule has 0 atom stereocenters. The topological polar surface area (TPSA) is 80.4 Å². The van der Waals surface area contributed by atoms with Crippen LogP contribution in [0.2, 0.25) is 0 Å². The average Bonchev–Trinajstić information content (AvgIpc) is 1.86. The van der Waals surface area contributed by atoms with Crippen LogP contribution in [-0.4, -0.2) is 13.0 Å². The molecule has 0 spiro atoms. The van der Waals surface area contributed by atoms with Crippen molar-refractivity contribution in [1.29, 1.82) is 0 Å². The maximum Gasteiger partial charge on any atom is 0.294 e. The van der Waals surface area contributed by atoms with E-state index in [2.05, 4.69) is 0 Å². The molecule has 0 aromatic heterocycles. The van der Waals surface area contributed by atoms with Crippen molar-refractivity contribution in [3.8, 4) is 0 Å². The Balaban J connectivity index is 0.00000121. The van der Waals surface area contributed by atoms with Crippen LogP contribution in [0.1, 0.15) is 0 Å². The molecule has 0 heterocycles. The molecule has 71 valence electrons. The predicted octanol–water partition coefficient (Wildman–Crippen LogP) is 0.513. The van der Waals surface area contributed by atoms with Crippen LogP contribution in [-0.2, 0) is 27.2 Å². The summed E-state index contributed by atoms with van der Waals surface area (Å²) in [6.45, 7) is 0. The third-order valence-electron chi connectivity index (χ3n) is 1.18. The summed E-state index contributed by atoms with van der Waals surface area (Å²) in [5.41, 5.74) is 5.75. The Morgan fingerprint density at radius 2 is 1.58 bits per heavy atom. The number of benzene rings is 1. The summed E-state index contributed by atoms with van der Waals surface area (Å²) in [6, 6.07) is 5.29. The fourth-order valence-electron chi connectivity index (χ4n) is 0.640. The Labute approximate surface area is 81.0 Å². The zero-order valence-corrected chi connectivity index (χ0v) is 7.62. The second-order valence-corrected chi connectivity index (χ2v) is 3.47. The van der Waals surface area contributed by atoms with Gasteiger partial charge in [-0.15, -0.1) is 0 Å².